The van der Waals surface area contributed by atoms with Gasteiger partial charge in [0.25, 0.3) is 5.91 Å². The van der Waals surface area contributed by atoms with Crippen molar-refractivity contribution >= 4 is 22.4 Å². The van der Waals surface area contributed by atoms with E-state index >= 15 is 0 Å². The maximum atomic E-state index is 12.2. The lowest BCUT2D eigenvalue weighted by Crippen LogP contribution is -2.12. The van der Waals surface area contributed by atoms with Crippen molar-refractivity contribution in [2.75, 3.05) is 5.32 Å². The average Bonchev–Trinajstić information content (AvgIpc) is 2.55. The molecule has 0 atom stereocenters. The number of carbonyl (C=O) groups excluding carboxylic acids is 1. The van der Waals surface area contributed by atoms with Gasteiger partial charge in [0.05, 0.1) is 11.3 Å². The summed E-state index contributed by atoms with van der Waals surface area (Å²) in [6.45, 7) is 0. The van der Waals surface area contributed by atoms with Crippen molar-refractivity contribution in [2.45, 2.75) is 0 Å². The number of hydrogen-bond donors (Lipinski definition) is 1. The predicted octanol–water partition coefficient (Wildman–Crippen LogP) is 3.96. The Morgan fingerprint density at radius 3 is 2.38 bits per heavy atom. The lowest BCUT2D eigenvalue weighted by Gasteiger charge is -2.09. The van der Waals surface area contributed by atoms with Gasteiger partial charge in [-0.3, -0.25) is 4.79 Å². The molecule has 3 aromatic rings. The Kier molecular flexibility index (Phi) is 3.36. The number of rotatable bonds is 2. The molecule has 0 saturated carbocycles. The number of benzene rings is 3. The van der Waals surface area contributed by atoms with Gasteiger partial charge in [-0.05, 0) is 23.6 Å². The maximum Gasteiger partial charge on any atom is 0.255 e. The van der Waals surface area contributed by atoms with Gasteiger partial charge >= 0.3 is 0 Å². The van der Waals surface area contributed by atoms with E-state index in [4.69, 9.17) is 0 Å². The van der Waals surface area contributed by atoms with Crippen molar-refractivity contribution in [1.29, 1.82) is 5.26 Å². The summed E-state index contributed by atoms with van der Waals surface area (Å²) in [7, 11) is 0. The number of fused-ring (bicyclic) bond motifs is 1. The Morgan fingerprint density at radius 1 is 0.905 bits per heavy atom. The van der Waals surface area contributed by atoms with Crippen molar-refractivity contribution in [3.8, 4) is 6.07 Å². The van der Waals surface area contributed by atoms with Gasteiger partial charge in [0.1, 0.15) is 6.07 Å². The second kappa shape index (κ2) is 5.48. The summed E-state index contributed by atoms with van der Waals surface area (Å²) in [5.74, 6) is -0.220. The molecule has 0 aliphatic heterocycles. The highest BCUT2D eigenvalue weighted by Crippen LogP contribution is 2.25. The standard InChI is InChI=1S/C18H12N2O/c19-12-16-15-9-5-4-6-13(15)10-11-17(16)20-18(21)14-7-2-1-3-8-14/h1-11H,(H,20,21). The molecule has 1 amide bonds. The zero-order valence-corrected chi connectivity index (χ0v) is 11.2. The molecule has 1 N–H and O–H groups in total. The molecule has 3 heteroatoms. The first-order chi connectivity index (χ1) is 10.3. The zero-order chi connectivity index (χ0) is 14.7. The minimum atomic E-state index is -0.220. The summed E-state index contributed by atoms with van der Waals surface area (Å²) in [6, 6.07) is 22.4. The smallest absolute Gasteiger partial charge is 0.255 e. The average molecular weight is 272 g/mol. The first-order valence-corrected chi connectivity index (χ1v) is 6.58. The number of nitriles is 1. The fraction of sp³-hybridized carbons (Fsp3) is 0. The van der Waals surface area contributed by atoms with Crippen LogP contribution in [-0.2, 0) is 0 Å². The van der Waals surface area contributed by atoms with Crippen LogP contribution in [-0.4, -0.2) is 5.91 Å². The van der Waals surface area contributed by atoms with E-state index in [2.05, 4.69) is 11.4 Å². The maximum absolute atomic E-state index is 12.2. The molecular formula is C18H12N2O. The molecule has 0 fully saturated rings. The number of nitrogens with zero attached hydrogens (tertiary/aromatic N) is 1. The fourth-order valence-corrected chi connectivity index (χ4v) is 2.28. The first kappa shape index (κ1) is 12.9. The molecular weight excluding hydrogens is 260 g/mol. The molecule has 0 unspecified atom stereocenters. The highest BCUT2D eigenvalue weighted by atomic mass is 16.1. The second-order valence-corrected chi connectivity index (χ2v) is 4.64. The van der Waals surface area contributed by atoms with Crippen molar-refractivity contribution < 1.29 is 4.79 Å². The largest absolute Gasteiger partial charge is 0.321 e. The second-order valence-electron chi connectivity index (χ2n) is 4.64. The SMILES string of the molecule is N#Cc1c(NC(=O)c2ccccc2)ccc2ccccc12. The Balaban J connectivity index is 2.02. The van der Waals surface area contributed by atoms with Gasteiger partial charge in [-0.2, -0.15) is 5.26 Å². The number of nitrogens with one attached hydrogen (secondary N) is 1. The number of anilines is 1. The quantitative estimate of drug-likeness (QED) is 0.767. The minimum absolute atomic E-state index is 0.220. The van der Waals surface area contributed by atoms with Gasteiger partial charge in [-0.15, -0.1) is 0 Å². The lowest BCUT2D eigenvalue weighted by atomic mass is 10.0. The molecule has 21 heavy (non-hydrogen) atoms. The Hall–Kier alpha value is -3.12. The molecule has 0 saturated heterocycles. The summed E-state index contributed by atoms with van der Waals surface area (Å²) in [5.41, 5.74) is 1.58. The highest BCUT2D eigenvalue weighted by molar-refractivity contribution is 6.06. The molecule has 0 spiro atoms. The van der Waals surface area contributed by atoms with Crippen LogP contribution in [0.1, 0.15) is 15.9 Å². The van der Waals surface area contributed by atoms with E-state index in [1.54, 1.807) is 30.3 Å². The van der Waals surface area contributed by atoms with E-state index in [0.29, 0.717) is 16.8 Å². The predicted molar refractivity (Wildman–Crippen MR) is 83.1 cm³/mol. The third kappa shape index (κ3) is 2.47. The van der Waals surface area contributed by atoms with Gasteiger partial charge < -0.3 is 5.32 Å². The van der Waals surface area contributed by atoms with E-state index < -0.39 is 0 Å². The van der Waals surface area contributed by atoms with Crippen LogP contribution < -0.4 is 5.32 Å². The topological polar surface area (TPSA) is 52.9 Å². The van der Waals surface area contributed by atoms with E-state index in [0.717, 1.165) is 10.8 Å². The van der Waals surface area contributed by atoms with Gasteiger partial charge in [0.2, 0.25) is 0 Å². The molecule has 0 aliphatic carbocycles. The Labute approximate surface area is 122 Å². The van der Waals surface area contributed by atoms with Crippen LogP contribution in [0.4, 0.5) is 5.69 Å². The zero-order valence-electron chi connectivity index (χ0n) is 11.2. The molecule has 0 aromatic heterocycles. The summed E-state index contributed by atoms with van der Waals surface area (Å²) in [6.07, 6.45) is 0. The van der Waals surface area contributed by atoms with E-state index in [-0.39, 0.29) is 5.91 Å². The summed E-state index contributed by atoms with van der Waals surface area (Å²) in [4.78, 5) is 12.2. The number of hydrogen-bond acceptors (Lipinski definition) is 2. The Morgan fingerprint density at radius 2 is 1.62 bits per heavy atom. The molecule has 0 heterocycles. The van der Waals surface area contributed by atoms with Crippen LogP contribution in [0.2, 0.25) is 0 Å². The van der Waals surface area contributed by atoms with E-state index in [9.17, 15) is 10.1 Å². The third-order valence-electron chi connectivity index (χ3n) is 3.33. The summed E-state index contributed by atoms with van der Waals surface area (Å²) in [5, 5.41) is 14.0. The van der Waals surface area contributed by atoms with Crippen LogP contribution in [0.5, 0.6) is 0 Å². The highest BCUT2D eigenvalue weighted by Gasteiger charge is 2.11. The van der Waals surface area contributed by atoms with Gasteiger partial charge in [-0.1, -0.05) is 48.5 Å². The van der Waals surface area contributed by atoms with E-state index in [1.807, 2.05) is 36.4 Å². The summed E-state index contributed by atoms with van der Waals surface area (Å²) < 4.78 is 0. The lowest BCUT2D eigenvalue weighted by molar-refractivity contribution is 0.102. The van der Waals surface area contributed by atoms with Crippen molar-refractivity contribution in [2.24, 2.45) is 0 Å². The molecule has 0 bridgehead atoms. The molecule has 100 valence electrons. The van der Waals surface area contributed by atoms with Crippen LogP contribution in [0.3, 0.4) is 0 Å². The minimum Gasteiger partial charge on any atom is -0.321 e. The molecule has 3 rings (SSSR count). The number of amides is 1. The Bertz CT molecular complexity index is 848. The van der Waals surface area contributed by atoms with Gasteiger partial charge in [0.15, 0.2) is 0 Å². The van der Waals surface area contributed by atoms with Crippen LogP contribution >= 0.6 is 0 Å². The fourth-order valence-electron chi connectivity index (χ4n) is 2.28. The third-order valence-corrected chi connectivity index (χ3v) is 3.33. The van der Waals surface area contributed by atoms with E-state index in [1.165, 1.54) is 0 Å². The number of carbonyl (C=O) groups is 1. The van der Waals surface area contributed by atoms with Crippen molar-refractivity contribution in [3.05, 3.63) is 77.9 Å². The van der Waals surface area contributed by atoms with Gasteiger partial charge in [0, 0.05) is 10.9 Å². The molecule has 3 nitrogen and oxygen atoms in total. The molecule has 3 aromatic carbocycles. The van der Waals surface area contributed by atoms with Crippen molar-refractivity contribution in [1.82, 2.24) is 0 Å². The van der Waals surface area contributed by atoms with Crippen molar-refractivity contribution in [3.63, 3.8) is 0 Å². The monoisotopic (exact) mass is 272 g/mol. The van der Waals surface area contributed by atoms with Crippen LogP contribution in [0.25, 0.3) is 10.8 Å². The van der Waals surface area contributed by atoms with Crippen LogP contribution in [0.15, 0.2) is 66.7 Å². The summed E-state index contributed by atoms with van der Waals surface area (Å²) >= 11 is 0. The van der Waals surface area contributed by atoms with Crippen LogP contribution in [0, 0.1) is 11.3 Å². The molecule has 0 aliphatic rings. The first-order valence-electron chi connectivity index (χ1n) is 6.58. The van der Waals surface area contributed by atoms with Gasteiger partial charge in [-0.25, -0.2) is 0 Å². The normalized spacial score (nSPS) is 10.0. The molecule has 0 radical (unpaired) electrons.